The fourth-order valence-corrected chi connectivity index (χ4v) is 3.89. The standard InChI is InChI=1S/C24H25N3O2/c28-23-16-22(21-9-5-2-6-10-21)25-18-27(23)17-24(29)26-13-11-20(12-14-26)15-19-7-3-1-4-8-19/h1-10,16,18,20H,11-15,17H2. The van der Waals surface area contributed by atoms with Crippen molar-refractivity contribution in [2.75, 3.05) is 13.1 Å². The van der Waals surface area contributed by atoms with E-state index >= 15 is 0 Å². The predicted molar refractivity (Wildman–Crippen MR) is 113 cm³/mol. The predicted octanol–water partition coefficient (Wildman–Crippen LogP) is 3.39. The highest BCUT2D eigenvalue weighted by molar-refractivity contribution is 5.76. The summed E-state index contributed by atoms with van der Waals surface area (Å²) in [6.45, 7) is 1.55. The summed E-state index contributed by atoms with van der Waals surface area (Å²) in [5.41, 5.74) is 2.67. The second-order valence-corrected chi connectivity index (χ2v) is 7.62. The van der Waals surface area contributed by atoms with Crippen molar-refractivity contribution in [2.24, 2.45) is 5.92 Å². The van der Waals surface area contributed by atoms with Crippen LogP contribution < -0.4 is 5.56 Å². The summed E-state index contributed by atoms with van der Waals surface area (Å²) in [6.07, 6.45) is 4.54. The normalized spacial score (nSPS) is 14.7. The maximum atomic E-state index is 12.7. The summed E-state index contributed by atoms with van der Waals surface area (Å²) in [5.74, 6) is 0.593. The number of amides is 1. The van der Waals surface area contributed by atoms with Gasteiger partial charge in [-0.2, -0.15) is 0 Å². The van der Waals surface area contributed by atoms with Crippen LogP contribution >= 0.6 is 0 Å². The van der Waals surface area contributed by atoms with Crippen LogP contribution in [0.25, 0.3) is 11.3 Å². The fraction of sp³-hybridized carbons (Fsp3) is 0.292. The lowest BCUT2D eigenvalue weighted by Crippen LogP contribution is -2.41. The number of nitrogens with zero attached hydrogens (tertiary/aromatic N) is 3. The van der Waals surface area contributed by atoms with Crippen molar-refractivity contribution < 1.29 is 4.79 Å². The van der Waals surface area contributed by atoms with Crippen LogP contribution in [0, 0.1) is 5.92 Å². The molecule has 0 bridgehead atoms. The lowest BCUT2D eigenvalue weighted by atomic mass is 9.90. The minimum atomic E-state index is -0.203. The van der Waals surface area contributed by atoms with Crippen molar-refractivity contribution in [3.8, 4) is 11.3 Å². The van der Waals surface area contributed by atoms with E-state index in [9.17, 15) is 9.59 Å². The monoisotopic (exact) mass is 387 g/mol. The van der Waals surface area contributed by atoms with E-state index in [0.29, 0.717) is 11.6 Å². The first-order chi connectivity index (χ1) is 14.2. The van der Waals surface area contributed by atoms with Crippen LogP contribution in [0.4, 0.5) is 0 Å². The molecule has 0 aliphatic carbocycles. The Morgan fingerprint density at radius 3 is 2.28 bits per heavy atom. The summed E-state index contributed by atoms with van der Waals surface area (Å²) in [6, 6.07) is 21.6. The van der Waals surface area contributed by atoms with E-state index in [-0.39, 0.29) is 18.0 Å². The number of rotatable bonds is 5. The van der Waals surface area contributed by atoms with Gasteiger partial charge in [-0.1, -0.05) is 60.7 Å². The fourth-order valence-electron chi connectivity index (χ4n) is 3.89. The minimum absolute atomic E-state index is 0.0143. The third kappa shape index (κ3) is 4.80. The minimum Gasteiger partial charge on any atom is -0.341 e. The molecule has 1 aliphatic heterocycles. The highest BCUT2D eigenvalue weighted by Gasteiger charge is 2.23. The third-order valence-corrected chi connectivity index (χ3v) is 5.59. The van der Waals surface area contributed by atoms with Crippen LogP contribution in [0.15, 0.2) is 77.9 Å². The molecule has 0 spiro atoms. The molecule has 0 radical (unpaired) electrons. The molecule has 5 heteroatoms. The molecule has 0 N–H and O–H groups in total. The molecule has 1 amide bonds. The number of hydrogen-bond donors (Lipinski definition) is 0. The molecule has 0 atom stereocenters. The van der Waals surface area contributed by atoms with Gasteiger partial charge < -0.3 is 4.90 Å². The summed E-state index contributed by atoms with van der Waals surface area (Å²) >= 11 is 0. The first-order valence-electron chi connectivity index (χ1n) is 10.1. The highest BCUT2D eigenvalue weighted by atomic mass is 16.2. The second-order valence-electron chi connectivity index (χ2n) is 7.62. The van der Waals surface area contributed by atoms with E-state index in [1.807, 2.05) is 41.3 Å². The van der Waals surface area contributed by atoms with Gasteiger partial charge in [-0.15, -0.1) is 0 Å². The molecule has 2 aromatic carbocycles. The Morgan fingerprint density at radius 1 is 0.966 bits per heavy atom. The van der Waals surface area contributed by atoms with Crippen molar-refractivity contribution >= 4 is 5.91 Å². The molecular weight excluding hydrogens is 362 g/mol. The van der Waals surface area contributed by atoms with Gasteiger partial charge in [0.15, 0.2) is 0 Å². The lowest BCUT2D eigenvalue weighted by Gasteiger charge is -2.32. The maximum Gasteiger partial charge on any atom is 0.254 e. The van der Waals surface area contributed by atoms with Crippen LogP contribution in [0.3, 0.4) is 0 Å². The van der Waals surface area contributed by atoms with Crippen molar-refractivity contribution in [1.82, 2.24) is 14.5 Å². The van der Waals surface area contributed by atoms with E-state index in [4.69, 9.17) is 0 Å². The summed E-state index contributed by atoms with van der Waals surface area (Å²) in [5, 5.41) is 0. The molecule has 0 saturated carbocycles. The second kappa shape index (κ2) is 8.86. The van der Waals surface area contributed by atoms with Crippen molar-refractivity contribution in [3.05, 3.63) is 89.0 Å². The smallest absolute Gasteiger partial charge is 0.254 e. The quantitative estimate of drug-likeness (QED) is 0.674. The first-order valence-corrected chi connectivity index (χ1v) is 10.1. The van der Waals surface area contributed by atoms with Crippen LogP contribution in [-0.4, -0.2) is 33.4 Å². The largest absolute Gasteiger partial charge is 0.341 e. The summed E-state index contributed by atoms with van der Waals surface area (Å²) in [7, 11) is 0. The molecule has 4 rings (SSSR count). The molecular formula is C24H25N3O2. The topological polar surface area (TPSA) is 55.2 Å². The van der Waals surface area contributed by atoms with E-state index in [1.165, 1.54) is 22.5 Å². The molecule has 148 valence electrons. The zero-order valence-corrected chi connectivity index (χ0v) is 16.4. The van der Waals surface area contributed by atoms with Crippen molar-refractivity contribution in [2.45, 2.75) is 25.8 Å². The first kappa shape index (κ1) is 19.1. The Bertz CT molecular complexity index is 1010. The van der Waals surface area contributed by atoms with Gasteiger partial charge in [-0.3, -0.25) is 14.2 Å². The maximum absolute atomic E-state index is 12.7. The molecule has 1 aliphatic rings. The zero-order valence-electron chi connectivity index (χ0n) is 16.4. The molecule has 2 heterocycles. The molecule has 29 heavy (non-hydrogen) atoms. The van der Waals surface area contributed by atoms with E-state index in [1.54, 1.807) is 0 Å². The number of benzene rings is 2. The van der Waals surface area contributed by atoms with Gasteiger partial charge >= 0.3 is 0 Å². The number of likely N-dealkylation sites (tertiary alicyclic amines) is 1. The van der Waals surface area contributed by atoms with E-state index in [2.05, 4.69) is 29.2 Å². The van der Waals surface area contributed by atoms with Crippen LogP contribution in [0.5, 0.6) is 0 Å². The Labute approximate surface area is 170 Å². The van der Waals surface area contributed by atoms with Gasteiger partial charge in [0.25, 0.3) is 5.56 Å². The Morgan fingerprint density at radius 2 is 1.62 bits per heavy atom. The van der Waals surface area contributed by atoms with Gasteiger partial charge in [0.2, 0.25) is 5.91 Å². The average Bonchev–Trinajstić information content (AvgIpc) is 2.77. The number of aromatic nitrogens is 2. The van der Waals surface area contributed by atoms with Crippen LogP contribution in [0.1, 0.15) is 18.4 Å². The van der Waals surface area contributed by atoms with Gasteiger partial charge in [-0.25, -0.2) is 4.98 Å². The van der Waals surface area contributed by atoms with Crippen LogP contribution in [0.2, 0.25) is 0 Å². The number of carbonyl (C=O) groups is 1. The molecule has 5 nitrogen and oxygen atoms in total. The van der Waals surface area contributed by atoms with E-state index < -0.39 is 0 Å². The average molecular weight is 387 g/mol. The molecule has 1 saturated heterocycles. The van der Waals surface area contributed by atoms with Gasteiger partial charge in [0.05, 0.1) is 12.0 Å². The lowest BCUT2D eigenvalue weighted by molar-refractivity contribution is -0.133. The van der Waals surface area contributed by atoms with Gasteiger partial charge in [0.1, 0.15) is 6.54 Å². The number of piperidine rings is 1. The van der Waals surface area contributed by atoms with Crippen molar-refractivity contribution in [3.63, 3.8) is 0 Å². The van der Waals surface area contributed by atoms with Gasteiger partial charge in [-0.05, 0) is 30.7 Å². The highest BCUT2D eigenvalue weighted by Crippen LogP contribution is 2.22. The van der Waals surface area contributed by atoms with Crippen molar-refractivity contribution in [1.29, 1.82) is 0 Å². The number of hydrogen-bond acceptors (Lipinski definition) is 3. The molecule has 1 fully saturated rings. The molecule has 0 unspecified atom stereocenters. The zero-order chi connectivity index (χ0) is 20.1. The summed E-state index contributed by atoms with van der Waals surface area (Å²) < 4.78 is 1.39. The van der Waals surface area contributed by atoms with Crippen LogP contribution in [-0.2, 0) is 17.8 Å². The van der Waals surface area contributed by atoms with E-state index in [0.717, 1.165) is 37.9 Å². The molecule has 3 aromatic rings. The Balaban J connectivity index is 1.33. The summed E-state index contributed by atoms with van der Waals surface area (Å²) in [4.78, 5) is 31.4. The third-order valence-electron chi connectivity index (χ3n) is 5.59. The Kier molecular flexibility index (Phi) is 5.84. The Hall–Kier alpha value is -3.21. The SMILES string of the molecule is O=C(Cn1cnc(-c2ccccc2)cc1=O)N1CCC(Cc2ccccc2)CC1. The number of carbonyl (C=O) groups excluding carboxylic acids is 1. The van der Waals surface area contributed by atoms with Gasteiger partial charge in [0, 0.05) is 24.7 Å². The molecule has 1 aromatic heterocycles.